The lowest BCUT2D eigenvalue weighted by Crippen LogP contribution is -2.10. The Kier molecular flexibility index (Phi) is 5.02. The van der Waals surface area contributed by atoms with Crippen LogP contribution in [0.5, 0.6) is 0 Å². The summed E-state index contributed by atoms with van der Waals surface area (Å²) in [7, 11) is 3.53. The van der Waals surface area contributed by atoms with Crippen molar-refractivity contribution in [3.63, 3.8) is 0 Å². The molecule has 3 aromatic rings. The van der Waals surface area contributed by atoms with E-state index in [1.54, 1.807) is 37.2 Å². The molecule has 0 aliphatic rings. The van der Waals surface area contributed by atoms with Crippen molar-refractivity contribution in [3.05, 3.63) is 60.3 Å². The fourth-order valence-corrected chi connectivity index (χ4v) is 2.88. The molecular formula is C17H17N3O3S. The molecule has 0 unspecified atom stereocenters. The molecule has 0 saturated heterocycles. The average Bonchev–Trinajstić information content (AvgIpc) is 3.20. The first-order valence-corrected chi connectivity index (χ1v) is 8.11. The molecule has 1 aromatic carbocycles. The van der Waals surface area contributed by atoms with Crippen molar-refractivity contribution in [3.8, 4) is 0 Å². The number of nitrogens with zero attached hydrogens (tertiary/aromatic N) is 2. The topological polar surface area (TPSA) is 69.3 Å². The van der Waals surface area contributed by atoms with Gasteiger partial charge in [0.1, 0.15) is 12.4 Å². The first kappa shape index (κ1) is 16.4. The summed E-state index contributed by atoms with van der Waals surface area (Å²) in [5.41, 5.74) is 0.703. The maximum Gasteiger partial charge on any atom is 0.291 e. The number of anilines is 1. The molecule has 2 aromatic heterocycles. The van der Waals surface area contributed by atoms with E-state index in [0.717, 1.165) is 10.1 Å². The molecule has 0 radical (unpaired) electrons. The molecule has 0 saturated carbocycles. The predicted octanol–water partition coefficient (Wildman–Crippen LogP) is 3.56. The Morgan fingerprint density at radius 1 is 1.29 bits per heavy atom. The fourth-order valence-electron chi connectivity index (χ4n) is 2.07. The maximum absolute atomic E-state index is 12.2. The highest BCUT2D eigenvalue weighted by molar-refractivity contribution is 7.99. The van der Waals surface area contributed by atoms with Crippen LogP contribution in [0.25, 0.3) is 0 Å². The number of aryl methyl sites for hydroxylation is 1. The molecule has 24 heavy (non-hydrogen) atoms. The number of methoxy groups -OCH3 is 1. The number of rotatable bonds is 6. The summed E-state index contributed by atoms with van der Waals surface area (Å²) in [6, 6.07) is 10.9. The lowest BCUT2D eigenvalue weighted by molar-refractivity contribution is 0.0987. The number of furan rings is 1. The number of carbonyl (C=O) groups excluding carboxylic acids is 1. The molecular weight excluding hydrogens is 326 g/mol. The van der Waals surface area contributed by atoms with Crippen molar-refractivity contribution in [2.45, 2.75) is 16.7 Å². The first-order valence-electron chi connectivity index (χ1n) is 7.30. The van der Waals surface area contributed by atoms with Crippen molar-refractivity contribution in [1.82, 2.24) is 9.55 Å². The second-order valence-corrected chi connectivity index (χ2v) is 6.14. The second-order valence-electron chi connectivity index (χ2n) is 5.10. The van der Waals surface area contributed by atoms with Gasteiger partial charge in [-0.25, -0.2) is 4.98 Å². The Labute approximate surface area is 143 Å². The van der Waals surface area contributed by atoms with Crippen molar-refractivity contribution in [2.75, 3.05) is 12.4 Å². The zero-order valence-corrected chi connectivity index (χ0v) is 14.2. The first-order chi connectivity index (χ1) is 11.7. The number of aromatic nitrogens is 2. The van der Waals surface area contributed by atoms with Gasteiger partial charge >= 0.3 is 0 Å². The molecule has 0 aliphatic carbocycles. The van der Waals surface area contributed by atoms with E-state index in [0.29, 0.717) is 18.1 Å². The summed E-state index contributed by atoms with van der Waals surface area (Å²) < 4.78 is 12.3. The van der Waals surface area contributed by atoms with E-state index < -0.39 is 0 Å². The van der Waals surface area contributed by atoms with Crippen LogP contribution >= 0.6 is 11.8 Å². The minimum absolute atomic E-state index is 0.258. The van der Waals surface area contributed by atoms with Crippen molar-refractivity contribution in [2.24, 2.45) is 7.05 Å². The lowest BCUT2D eigenvalue weighted by Gasteiger charge is -2.05. The quantitative estimate of drug-likeness (QED) is 0.741. The van der Waals surface area contributed by atoms with Crippen molar-refractivity contribution >= 4 is 23.4 Å². The summed E-state index contributed by atoms with van der Waals surface area (Å²) in [5.74, 6) is 0.583. The van der Waals surface area contributed by atoms with Crippen LogP contribution in [0.4, 0.5) is 5.69 Å². The number of imidazole rings is 1. The average molecular weight is 343 g/mol. The van der Waals surface area contributed by atoms with Gasteiger partial charge in [-0.1, -0.05) is 11.8 Å². The summed E-state index contributed by atoms with van der Waals surface area (Å²) >= 11 is 1.56. The molecule has 0 bridgehead atoms. The molecule has 0 fully saturated rings. The van der Waals surface area contributed by atoms with Gasteiger partial charge in [0.05, 0.1) is 0 Å². The maximum atomic E-state index is 12.2. The molecule has 0 spiro atoms. The second kappa shape index (κ2) is 7.37. The van der Waals surface area contributed by atoms with Gasteiger partial charge < -0.3 is 19.0 Å². The van der Waals surface area contributed by atoms with E-state index in [1.165, 1.54) is 0 Å². The van der Waals surface area contributed by atoms with E-state index in [2.05, 4.69) is 10.3 Å². The van der Waals surface area contributed by atoms with Crippen molar-refractivity contribution < 1.29 is 13.9 Å². The lowest BCUT2D eigenvalue weighted by atomic mass is 10.3. The van der Waals surface area contributed by atoms with E-state index in [-0.39, 0.29) is 11.7 Å². The zero-order chi connectivity index (χ0) is 16.9. The van der Waals surface area contributed by atoms with Crippen LogP contribution in [-0.2, 0) is 18.4 Å². The van der Waals surface area contributed by atoms with Crippen LogP contribution in [0.2, 0.25) is 0 Å². The van der Waals surface area contributed by atoms with Gasteiger partial charge in [0.15, 0.2) is 10.9 Å². The summed E-state index contributed by atoms with van der Waals surface area (Å²) in [4.78, 5) is 17.5. The van der Waals surface area contributed by atoms with Gasteiger partial charge in [-0.3, -0.25) is 4.79 Å². The molecule has 0 aliphatic heterocycles. The highest BCUT2D eigenvalue weighted by atomic mass is 32.2. The largest absolute Gasteiger partial charge is 0.453 e. The fraction of sp³-hybridized carbons (Fsp3) is 0.176. The summed E-state index contributed by atoms with van der Waals surface area (Å²) in [6.07, 6.45) is 3.66. The molecule has 6 nitrogen and oxygen atoms in total. The third-order valence-corrected chi connectivity index (χ3v) is 4.35. The van der Waals surface area contributed by atoms with Gasteiger partial charge in [-0.2, -0.15) is 0 Å². The van der Waals surface area contributed by atoms with Gasteiger partial charge in [0.25, 0.3) is 5.91 Å². The Morgan fingerprint density at radius 2 is 2.08 bits per heavy atom. The highest BCUT2D eigenvalue weighted by Gasteiger charge is 2.11. The Bertz CT molecular complexity index is 824. The minimum atomic E-state index is -0.290. The zero-order valence-electron chi connectivity index (χ0n) is 13.4. The number of ether oxygens (including phenoxy) is 1. The summed E-state index contributed by atoms with van der Waals surface area (Å²) in [5, 5.41) is 3.72. The standard InChI is InChI=1S/C17H17N3O3S/c1-20-10-9-18-17(20)24-14-6-3-12(4-7-14)19-16(21)15-8-5-13(23-15)11-22-2/h3-10H,11H2,1-2H3,(H,19,21). The Balaban J connectivity index is 1.63. The predicted molar refractivity (Wildman–Crippen MR) is 91.1 cm³/mol. The number of benzene rings is 1. The molecule has 3 rings (SSSR count). The Morgan fingerprint density at radius 3 is 2.75 bits per heavy atom. The van der Waals surface area contributed by atoms with Crippen LogP contribution in [0.1, 0.15) is 16.3 Å². The molecule has 2 heterocycles. The third-order valence-electron chi connectivity index (χ3n) is 3.27. The van der Waals surface area contributed by atoms with E-state index in [1.807, 2.05) is 42.1 Å². The molecule has 124 valence electrons. The number of hydrogen-bond donors (Lipinski definition) is 1. The normalized spacial score (nSPS) is 10.8. The van der Waals surface area contributed by atoms with Crippen molar-refractivity contribution in [1.29, 1.82) is 0 Å². The van der Waals surface area contributed by atoms with Gasteiger partial charge in [-0.15, -0.1) is 0 Å². The molecule has 7 heteroatoms. The van der Waals surface area contributed by atoms with E-state index in [9.17, 15) is 4.79 Å². The van der Waals surface area contributed by atoms with Crippen LogP contribution < -0.4 is 5.32 Å². The van der Waals surface area contributed by atoms with Gasteiger partial charge in [0.2, 0.25) is 0 Å². The Hall–Kier alpha value is -2.51. The minimum Gasteiger partial charge on any atom is -0.453 e. The number of amides is 1. The molecule has 0 atom stereocenters. The van der Waals surface area contributed by atoms with Crippen LogP contribution in [0.15, 0.2) is 63.3 Å². The number of nitrogens with one attached hydrogen (secondary N) is 1. The van der Waals surface area contributed by atoms with Crippen LogP contribution in [0, 0.1) is 0 Å². The monoisotopic (exact) mass is 343 g/mol. The number of carbonyl (C=O) groups is 1. The highest BCUT2D eigenvalue weighted by Crippen LogP contribution is 2.26. The van der Waals surface area contributed by atoms with E-state index in [4.69, 9.17) is 9.15 Å². The SMILES string of the molecule is COCc1ccc(C(=O)Nc2ccc(Sc3nccn3C)cc2)o1. The number of hydrogen-bond acceptors (Lipinski definition) is 5. The van der Waals surface area contributed by atoms with Crippen LogP contribution in [-0.4, -0.2) is 22.6 Å². The third kappa shape index (κ3) is 3.87. The van der Waals surface area contributed by atoms with E-state index >= 15 is 0 Å². The molecule has 1 N–H and O–H groups in total. The summed E-state index contributed by atoms with van der Waals surface area (Å²) in [6.45, 7) is 0.340. The smallest absolute Gasteiger partial charge is 0.291 e. The van der Waals surface area contributed by atoms with Gasteiger partial charge in [-0.05, 0) is 36.4 Å². The van der Waals surface area contributed by atoms with Gasteiger partial charge in [0, 0.05) is 37.1 Å². The molecule has 1 amide bonds. The van der Waals surface area contributed by atoms with Crippen LogP contribution in [0.3, 0.4) is 0 Å².